The van der Waals surface area contributed by atoms with Gasteiger partial charge >= 0.3 is 6.03 Å². The van der Waals surface area contributed by atoms with Crippen molar-refractivity contribution in [1.82, 2.24) is 19.7 Å². The third-order valence-corrected chi connectivity index (χ3v) is 5.56. The Morgan fingerprint density at radius 3 is 2.55 bits per heavy atom. The summed E-state index contributed by atoms with van der Waals surface area (Å²) in [7, 11) is 1.54. The molecule has 158 valence electrons. The number of nitrogen functional groups attached to an aromatic ring is 1. The molecule has 0 aromatic carbocycles. The molecule has 1 aromatic heterocycles. The number of hydrogen-bond acceptors (Lipinski definition) is 6. The number of anilines is 1. The number of pyridine rings is 1. The fourth-order valence-corrected chi connectivity index (χ4v) is 4.08. The summed E-state index contributed by atoms with van der Waals surface area (Å²) < 4.78 is 5.06. The molecule has 2 N–H and O–H groups in total. The van der Waals surface area contributed by atoms with E-state index in [1.54, 1.807) is 35.1 Å². The maximum Gasteiger partial charge on any atom is 0.327 e. The van der Waals surface area contributed by atoms with Gasteiger partial charge < -0.3 is 20.3 Å². The zero-order chi connectivity index (χ0) is 21.2. The third-order valence-electron chi connectivity index (χ3n) is 5.56. The number of piperidine rings is 1. The molecule has 1 spiro atoms. The molecular weight excluding hydrogens is 374 g/mol. The minimum atomic E-state index is -0.894. The van der Waals surface area contributed by atoms with Gasteiger partial charge in [0.15, 0.2) is 0 Å². The fourth-order valence-electron chi connectivity index (χ4n) is 4.08. The van der Waals surface area contributed by atoms with Gasteiger partial charge in [0.25, 0.3) is 11.8 Å². The van der Waals surface area contributed by atoms with E-state index in [4.69, 9.17) is 10.5 Å². The van der Waals surface area contributed by atoms with Crippen molar-refractivity contribution in [1.29, 1.82) is 0 Å². The van der Waals surface area contributed by atoms with E-state index >= 15 is 0 Å². The van der Waals surface area contributed by atoms with Gasteiger partial charge in [-0.2, -0.15) is 0 Å². The Morgan fingerprint density at radius 2 is 1.97 bits per heavy atom. The fraction of sp³-hybridized carbons (Fsp3) is 0.600. The van der Waals surface area contributed by atoms with E-state index in [9.17, 15) is 14.4 Å². The highest BCUT2D eigenvalue weighted by Crippen LogP contribution is 2.38. The van der Waals surface area contributed by atoms with Crippen LogP contribution in [0.4, 0.5) is 10.6 Å². The molecule has 29 heavy (non-hydrogen) atoms. The first kappa shape index (κ1) is 21.0. The molecule has 0 unspecified atom stereocenters. The molecule has 0 atom stereocenters. The van der Waals surface area contributed by atoms with Crippen LogP contribution in [-0.4, -0.2) is 83.0 Å². The monoisotopic (exact) mass is 403 g/mol. The van der Waals surface area contributed by atoms with Crippen LogP contribution in [0, 0.1) is 5.92 Å². The van der Waals surface area contributed by atoms with Crippen LogP contribution in [-0.2, 0) is 9.53 Å². The number of aromatic nitrogens is 1. The molecule has 9 heteroatoms. The van der Waals surface area contributed by atoms with Gasteiger partial charge in [0.2, 0.25) is 0 Å². The average Bonchev–Trinajstić information content (AvgIpc) is 2.88. The number of nitrogens with zero attached hydrogens (tertiary/aromatic N) is 4. The van der Waals surface area contributed by atoms with Crippen LogP contribution < -0.4 is 5.73 Å². The average molecular weight is 403 g/mol. The minimum absolute atomic E-state index is 0.186. The number of methoxy groups -OCH3 is 1. The summed E-state index contributed by atoms with van der Waals surface area (Å²) >= 11 is 0. The summed E-state index contributed by atoms with van der Waals surface area (Å²) in [6, 6.07) is 4.68. The van der Waals surface area contributed by atoms with E-state index < -0.39 is 5.54 Å². The summed E-state index contributed by atoms with van der Waals surface area (Å²) in [6.45, 7) is 5.83. The second-order valence-electron chi connectivity index (χ2n) is 8.01. The van der Waals surface area contributed by atoms with Crippen molar-refractivity contribution < 1.29 is 19.1 Å². The molecule has 1 aromatic rings. The Morgan fingerprint density at radius 1 is 1.28 bits per heavy atom. The summed E-state index contributed by atoms with van der Waals surface area (Å²) in [5, 5.41) is 0. The second-order valence-corrected chi connectivity index (χ2v) is 8.01. The number of amides is 4. The molecule has 0 saturated carbocycles. The van der Waals surface area contributed by atoms with E-state index in [1.807, 2.05) is 13.8 Å². The Kier molecular flexibility index (Phi) is 6.07. The lowest BCUT2D eigenvalue weighted by Gasteiger charge is -2.42. The van der Waals surface area contributed by atoms with Gasteiger partial charge in [-0.15, -0.1) is 0 Å². The molecule has 0 bridgehead atoms. The molecular formula is C20H29N5O4. The highest BCUT2D eigenvalue weighted by Gasteiger charge is 2.58. The van der Waals surface area contributed by atoms with Gasteiger partial charge in [-0.05, 0) is 30.9 Å². The van der Waals surface area contributed by atoms with Gasteiger partial charge in [0, 0.05) is 26.7 Å². The highest BCUT2D eigenvalue weighted by molar-refractivity contribution is 6.07. The first-order valence-corrected chi connectivity index (χ1v) is 9.94. The van der Waals surface area contributed by atoms with Gasteiger partial charge in [0.1, 0.15) is 17.1 Å². The van der Waals surface area contributed by atoms with E-state index in [-0.39, 0.29) is 41.8 Å². The SMILES string of the molecule is COCCN1C(=O)N(CC(C)C)C2(CCN(C(=O)c3cccc(N)n3)CC2)C1=O. The Balaban J connectivity index is 1.79. The molecule has 0 aliphatic carbocycles. The van der Waals surface area contributed by atoms with Gasteiger partial charge in [-0.1, -0.05) is 19.9 Å². The van der Waals surface area contributed by atoms with Crippen molar-refractivity contribution in [2.75, 3.05) is 45.6 Å². The first-order valence-electron chi connectivity index (χ1n) is 9.94. The van der Waals surface area contributed by atoms with Crippen LogP contribution in [0.25, 0.3) is 0 Å². The molecule has 2 saturated heterocycles. The van der Waals surface area contributed by atoms with E-state index in [1.165, 1.54) is 4.90 Å². The number of hydrogen-bond donors (Lipinski definition) is 1. The Bertz CT molecular complexity index is 789. The van der Waals surface area contributed by atoms with Crippen molar-refractivity contribution in [3.8, 4) is 0 Å². The lowest BCUT2D eigenvalue weighted by Crippen LogP contribution is -2.58. The van der Waals surface area contributed by atoms with Crippen molar-refractivity contribution in [2.45, 2.75) is 32.2 Å². The number of ether oxygens (including phenoxy) is 1. The van der Waals surface area contributed by atoms with Crippen molar-refractivity contribution >= 4 is 23.7 Å². The Hall–Kier alpha value is -2.68. The van der Waals surface area contributed by atoms with Gasteiger partial charge in [-0.3, -0.25) is 14.5 Å². The molecule has 4 amide bonds. The molecule has 2 aliphatic rings. The lowest BCUT2D eigenvalue weighted by molar-refractivity contribution is -0.135. The quantitative estimate of drug-likeness (QED) is 0.715. The standard InChI is InChI=1S/C20H29N5O4/c1-14(2)13-25-19(28)24(11-12-29-3)18(27)20(25)7-9-23(10-8-20)17(26)15-5-4-6-16(21)22-15/h4-6,14H,7-13H2,1-3H3,(H2,21,22). The maximum atomic E-state index is 13.3. The van der Waals surface area contributed by atoms with Crippen LogP contribution in [0.1, 0.15) is 37.2 Å². The Labute approximate surface area is 170 Å². The largest absolute Gasteiger partial charge is 0.384 e. The zero-order valence-corrected chi connectivity index (χ0v) is 17.3. The molecule has 2 fully saturated rings. The molecule has 3 rings (SSSR count). The van der Waals surface area contributed by atoms with E-state index in [2.05, 4.69) is 4.98 Å². The van der Waals surface area contributed by atoms with Crippen LogP contribution in [0.3, 0.4) is 0 Å². The number of likely N-dealkylation sites (tertiary alicyclic amines) is 1. The van der Waals surface area contributed by atoms with Crippen LogP contribution in [0.2, 0.25) is 0 Å². The highest BCUT2D eigenvalue weighted by atomic mass is 16.5. The second kappa shape index (κ2) is 8.36. The topological polar surface area (TPSA) is 109 Å². The summed E-state index contributed by atoms with van der Waals surface area (Å²) in [6.07, 6.45) is 0.809. The smallest absolute Gasteiger partial charge is 0.327 e. The summed E-state index contributed by atoms with van der Waals surface area (Å²) in [4.78, 5) is 47.8. The number of urea groups is 1. The third kappa shape index (κ3) is 3.91. The molecule has 9 nitrogen and oxygen atoms in total. The number of rotatable bonds is 6. The number of nitrogens with two attached hydrogens (primary N) is 1. The predicted molar refractivity (Wildman–Crippen MR) is 107 cm³/mol. The van der Waals surface area contributed by atoms with Crippen molar-refractivity contribution in [3.05, 3.63) is 23.9 Å². The van der Waals surface area contributed by atoms with Gasteiger partial charge in [-0.25, -0.2) is 9.78 Å². The van der Waals surface area contributed by atoms with E-state index in [0.29, 0.717) is 39.1 Å². The molecule has 2 aliphatic heterocycles. The van der Waals surface area contributed by atoms with Crippen molar-refractivity contribution in [2.24, 2.45) is 5.92 Å². The number of carbonyl (C=O) groups is 3. The van der Waals surface area contributed by atoms with Crippen LogP contribution in [0.5, 0.6) is 0 Å². The molecule has 0 radical (unpaired) electrons. The van der Waals surface area contributed by atoms with Crippen LogP contribution >= 0.6 is 0 Å². The van der Waals surface area contributed by atoms with Crippen LogP contribution in [0.15, 0.2) is 18.2 Å². The van der Waals surface area contributed by atoms with Crippen molar-refractivity contribution in [3.63, 3.8) is 0 Å². The molecule has 3 heterocycles. The number of imide groups is 1. The number of carbonyl (C=O) groups excluding carboxylic acids is 3. The normalized spacial score (nSPS) is 19.0. The minimum Gasteiger partial charge on any atom is -0.384 e. The lowest BCUT2D eigenvalue weighted by atomic mass is 9.85. The first-order chi connectivity index (χ1) is 13.8. The summed E-state index contributed by atoms with van der Waals surface area (Å²) in [5.41, 5.74) is 5.08. The van der Waals surface area contributed by atoms with E-state index in [0.717, 1.165) is 0 Å². The zero-order valence-electron chi connectivity index (χ0n) is 17.3. The maximum absolute atomic E-state index is 13.3. The summed E-state index contributed by atoms with van der Waals surface area (Å²) in [5.74, 6) is 0.116. The van der Waals surface area contributed by atoms with Gasteiger partial charge in [0.05, 0.1) is 13.2 Å². The predicted octanol–water partition coefficient (Wildman–Crippen LogP) is 1.21.